The lowest BCUT2D eigenvalue weighted by Crippen LogP contribution is -2.40. The van der Waals surface area contributed by atoms with Gasteiger partial charge in [0.25, 0.3) is 11.5 Å². The summed E-state index contributed by atoms with van der Waals surface area (Å²) in [6.07, 6.45) is 1.70. The van der Waals surface area contributed by atoms with Crippen LogP contribution in [0.3, 0.4) is 0 Å². The molecule has 1 unspecified atom stereocenters. The molecule has 0 saturated carbocycles. The molecular weight excluding hydrogens is 577 g/mol. The molecule has 0 saturated heterocycles. The summed E-state index contributed by atoms with van der Waals surface area (Å²) in [5.41, 5.74) is 3.84. The first-order chi connectivity index (χ1) is 19.8. The van der Waals surface area contributed by atoms with Crippen LogP contribution in [-0.2, 0) is 4.79 Å². The van der Waals surface area contributed by atoms with Gasteiger partial charge in [0.1, 0.15) is 11.5 Å². The highest BCUT2D eigenvalue weighted by atomic mass is 35.5. The van der Waals surface area contributed by atoms with Gasteiger partial charge < -0.3 is 9.73 Å². The fourth-order valence-electron chi connectivity index (χ4n) is 4.83. The summed E-state index contributed by atoms with van der Waals surface area (Å²) in [6.45, 7) is 3.71. The Balaban J connectivity index is 1.45. The third kappa shape index (κ3) is 5.32. The molecule has 0 aliphatic carbocycles. The van der Waals surface area contributed by atoms with Gasteiger partial charge in [0.2, 0.25) is 0 Å². The van der Waals surface area contributed by atoms with Crippen LogP contribution in [0.4, 0.5) is 5.69 Å². The third-order valence-electron chi connectivity index (χ3n) is 6.85. The Bertz CT molecular complexity index is 2020. The summed E-state index contributed by atoms with van der Waals surface area (Å²) in [5, 5.41) is 4.18. The molecule has 1 aliphatic rings. The minimum Gasteiger partial charge on any atom is -0.457 e. The summed E-state index contributed by atoms with van der Waals surface area (Å²) in [6, 6.07) is 25.0. The Morgan fingerprint density at radius 3 is 2.51 bits per heavy atom. The molecule has 5 aromatic rings. The van der Waals surface area contributed by atoms with E-state index in [9.17, 15) is 9.59 Å². The van der Waals surface area contributed by atoms with Crippen LogP contribution in [0.1, 0.15) is 29.9 Å². The number of benzene rings is 3. The fourth-order valence-corrected chi connectivity index (χ4v) is 6.17. The molecule has 1 amide bonds. The number of allylic oxidation sites excluding steroid dienone is 1. The molecule has 0 spiro atoms. The van der Waals surface area contributed by atoms with Gasteiger partial charge in [-0.05, 0) is 67.4 Å². The number of para-hydroxylation sites is 1. The van der Waals surface area contributed by atoms with Crippen LogP contribution >= 0.6 is 34.5 Å². The van der Waals surface area contributed by atoms with Gasteiger partial charge in [-0.1, -0.05) is 77.0 Å². The molecular formula is C32H23Cl2N3O3S. The standard InChI is InChI=1S/C32H23Cl2N3O3S/c1-18-6-3-4-9-25(18)36-30(38)28-19(2)35-32-37(29(28)20-10-12-22(33)13-11-20)31(39)27(41-32)17-24-14-15-26(40-24)21-7-5-8-23(34)16-21/h3-17,29H,1-2H3,(H,36,38)/b27-17+. The van der Waals surface area contributed by atoms with E-state index in [2.05, 4.69) is 5.32 Å². The number of hydrogen-bond acceptors (Lipinski definition) is 5. The third-order valence-corrected chi connectivity index (χ3v) is 8.32. The Morgan fingerprint density at radius 1 is 0.976 bits per heavy atom. The highest BCUT2D eigenvalue weighted by Crippen LogP contribution is 2.32. The van der Waals surface area contributed by atoms with Crippen molar-refractivity contribution in [3.63, 3.8) is 0 Å². The molecule has 204 valence electrons. The number of thiazole rings is 1. The van der Waals surface area contributed by atoms with Crippen LogP contribution < -0.4 is 20.2 Å². The number of furan rings is 1. The van der Waals surface area contributed by atoms with Crippen LogP contribution in [0, 0.1) is 6.92 Å². The molecule has 6 rings (SSSR count). The number of amides is 1. The molecule has 3 aromatic carbocycles. The van der Waals surface area contributed by atoms with Crippen molar-refractivity contribution in [3.05, 3.63) is 143 Å². The van der Waals surface area contributed by atoms with Crippen molar-refractivity contribution in [2.45, 2.75) is 19.9 Å². The summed E-state index contributed by atoms with van der Waals surface area (Å²) in [7, 11) is 0. The number of nitrogens with zero attached hydrogens (tertiary/aromatic N) is 2. The van der Waals surface area contributed by atoms with Gasteiger partial charge in [0.15, 0.2) is 4.80 Å². The van der Waals surface area contributed by atoms with Crippen molar-refractivity contribution in [1.82, 2.24) is 4.57 Å². The van der Waals surface area contributed by atoms with E-state index in [1.165, 1.54) is 11.3 Å². The predicted octanol–water partition coefficient (Wildman–Crippen LogP) is 6.75. The Morgan fingerprint density at radius 2 is 1.76 bits per heavy atom. The molecule has 1 N–H and O–H groups in total. The molecule has 41 heavy (non-hydrogen) atoms. The van der Waals surface area contributed by atoms with E-state index in [-0.39, 0.29) is 11.5 Å². The second kappa shape index (κ2) is 11.0. The monoisotopic (exact) mass is 599 g/mol. The summed E-state index contributed by atoms with van der Waals surface area (Å²) in [5.74, 6) is 0.824. The van der Waals surface area contributed by atoms with Crippen LogP contribution in [-0.4, -0.2) is 10.5 Å². The van der Waals surface area contributed by atoms with E-state index in [1.807, 2.05) is 67.6 Å². The van der Waals surface area contributed by atoms with Gasteiger partial charge in [-0.2, -0.15) is 0 Å². The van der Waals surface area contributed by atoms with Crippen LogP contribution in [0.2, 0.25) is 10.0 Å². The molecule has 2 aromatic heterocycles. The summed E-state index contributed by atoms with van der Waals surface area (Å²) in [4.78, 5) is 32.9. The normalized spacial score (nSPS) is 15.0. The van der Waals surface area contributed by atoms with Crippen molar-refractivity contribution in [2.75, 3.05) is 5.32 Å². The fraction of sp³-hybridized carbons (Fsp3) is 0.0938. The number of fused-ring (bicyclic) bond motifs is 1. The lowest BCUT2D eigenvalue weighted by atomic mass is 9.95. The molecule has 3 heterocycles. The maximum Gasteiger partial charge on any atom is 0.271 e. The minimum atomic E-state index is -0.701. The maximum absolute atomic E-state index is 13.9. The molecule has 9 heteroatoms. The van der Waals surface area contributed by atoms with Crippen molar-refractivity contribution >= 4 is 52.2 Å². The zero-order chi connectivity index (χ0) is 28.7. The highest BCUT2D eigenvalue weighted by Gasteiger charge is 2.32. The van der Waals surface area contributed by atoms with E-state index >= 15 is 0 Å². The average molecular weight is 601 g/mol. The molecule has 1 atom stereocenters. The minimum absolute atomic E-state index is 0.275. The number of rotatable bonds is 5. The average Bonchev–Trinajstić information content (AvgIpc) is 3.54. The van der Waals surface area contributed by atoms with E-state index in [0.717, 1.165) is 16.7 Å². The van der Waals surface area contributed by atoms with E-state index in [1.54, 1.807) is 41.8 Å². The molecule has 0 radical (unpaired) electrons. The molecule has 0 bridgehead atoms. The summed E-state index contributed by atoms with van der Waals surface area (Å²) >= 11 is 13.6. The van der Waals surface area contributed by atoms with Gasteiger partial charge in [-0.25, -0.2) is 4.99 Å². The Kier molecular flexibility index (Phi) is 7.26. The SMILES string of the molecule is CC1=C(C(=O)Nc2ccccc2C)C(c2ccc(Cl)cc2)n2c(s/c(=C/c3ccc(-c4cccc(Cl)c4)o3)c2=O)=N1. The lowest BCUT2D eigenvalue weighted by molar-refractivity contribution is -0.113. The maximum atomic E-state index is 13.9. The second-order valence-electron chi connectivity index (χ2n) is 9.61. The largest absolute Gasteiger partial charge is 0.457 e. The van der Waals surface area contributed by atoms with Crippen molar-refractivity contribution in [1.29, 1.82) is 0 Å². The van der Waals surface area contributed by atoms with Crippen LogP contribution in [0.15, 0.2) is 110 Å². The zero-order valence-corrected chi connectivity index (χ0v) is 24.3. The first-order valence-electron chi connectivity index (χ1n) is 12.8. The first-order valence-corrected chi connectivity index (χ1v) is 14.4. The van der Waals surface area contributed by atoms with Gasteiger partial charge in [-0.15, -0.1) is 0 Å². The number of carbonyl (C=O) groups excluding carboxylic acids is 1. The number of hydrogen-bond donors (Lipinski definition) is 1. The van der Waals surface area contributed by atoms with E-state index in [0.29, 0.717) is 47.9 Å². The number of aromatic nitrogens is 1. The topological polar surface area (TPSA) is 76.6 Å². The van der Waals surface area contributed by atoms with E-state index < -0.39 is 6.04 Å². The Hall–Kier alpha value is -4.17. The van der Waals surface area contributed by atoms with Crippen LogP contribution in [0.5, 0.6) is 0 Å². The number of anilines is 1. The highest BCUT2D eigenvalue weighted by molar-refractivity contribution is 7.07. The number of aryl methyl sites for hydroxylation is 1. The first kappa shape index (κ1) is 27.0. The number of nitrogens with one attached hydrogen (secondary N) is 1. The van der Waals surface area contributed by atoms with Crippen molar-refractivity contribution < 1.29 is 9.21 Å². The predicted molar refractivity (Wildman–Crippen MR) is 164 cm³/mol. The lowest BCUT2D eigenvalue weighted by Gasteiger charge is -2.25. The zero-order valence-electron chi connectivity index (χ0n) is 22.0. The quantitative estimate of drug-likeness (QED) is 0.243. The smallest absolute Gasteiger partial charge is 0.271 e. The van der Waals surface area contributed by atoms with Gasteiger partial charge in [0, 0.05) is 27.4 Å². The molecule has 1 aliphatic heterocycles. The van der Waals surface area contributed by atoms with Gasteiger partial charge >= 0.3 is 0 Å². The summed E-state index contributed by atoms with van der Waals surface area (Å²) < 4.78 is 8.03. The van der Waals surface area contributed by atoms with Gasteiger partial charge in [0.05, 0.1) is 21.8 Å². The van der Waals surface area contributed by atoms with Crippen LogP contribution in [0.25, 0.3) is 17.4 Å². The number of halogens is 2. The molecule has 6 nitrogen and oxygen atoms in total. The van der Waals surface area contributed by atoms with Crippen molar-refractivity contribution in [3.8, 4) is 11.3 Å². The Labute approximate surface area is 249 Å². The van der Waals surface area contributed by atoms with E-state index in [4.69, 9.17) is 32.6 Å². The molecule has 0 fully saturated rings. The van der Waals surface area contributed by atoms with Crippen molar-refractivity contribution in [2.24, 2.45) is 4.99 Å². The second-order valence-corrected chi connectivity index (χ2v) is 11.5. The van der Waals surface area contributed by atoms with Gasteiger partial charge in [-0.3, -0.25) is 14.2 Å². The number of carbonyl (C=O) groups is 1.